The van der Waals surface area contributed by atoms with E-state index < -0.39 is 0 Å². The molecule has 2 aliphatic rings. The van der Waals surface area contributed by atoms with Crippen molar-refractivity contribution in [1.82, 2.24) is 10.3 Å². The highest BCUT2D eigenvalue weighted by Crippen LogP contribution is 2.38. The summed E-state index contributed by atoms with van der Waals surface area (Å²) < 4.78 is 14.2. The average Bonchev–Trinajstić information content (AvgIpc) is 3.05. The fraction of sp³-hybridized carbons (Fsp3) is 0.444. The number of aromatic amines is 1. The molecule has 2 atom stereocenters. The van der Waals surface area contributed by atoms with Crippen LogP contribution in [0.25, 0.3) is 11.1 Å². The number of fused-ring (bicyclic) bond motifs is 1. The van der Waals surface area contributed by atoms with E-state index >= 15 is 0 Å². The van der Waals surface area contributed by atoms with Crippen molar-refractivity contribution >= 4 is 28.8 Å². The number of aromatic nitrogens is 1. The molecule has 1 saturated heterocycles. The largest absolute Gasteiger partial charge is 0.381 e. The van der Waals surface area contributed by atoms with Crippen LogP contribution in [-0.2, 0) is 0 Å². The van der Waals surface area contributed by atoms with Gasteiger partial charge >= 0.3 is 0 Å². The van der Waals surface area contributed by atoms with Gasteiger partial charge in [0.2, 0.25) is 0 Å². The zero-order valence-electron chi connectivity index (χ0n) is 14.0. The maximum atomic E-state index is 14.2. The Hall–Kier alpha value is -1.92. The molecule has 0 radical (unpaired) electrons. The average molecular weight is 364 g/mol. The SMILES string of the molecule is Fc1ccc(-c2c[nH]c3c2NC(Cl)CN3)cc1NCC1CCCCN1. The highest BCUT2D eigenvalue weighted by atomic mass is 35.5. The first-order valence-corrected chi connectivity index (χ1v) is 9.27. The summed E-state index contributed by atoms with van der Waals surface area (Å²) in [5.41, 5.74) is 3.21. The Kier molecular flexibility index (Phi) is 4.72. The van der Waals surface area contributed by atoms with Crippen molar-refractivity contribution in [2.75, 3.05) is 35.6 Å². The molecule has 5 N–H and O–H groups in total. The van der Waals surface area contributed by atoms with Gasteiger partial charge in [-0.15, -0.1) is 0 Å². The van der Waals surface area contributed by atoms with E-state index in [4.69, 9.17) is 11.6 Å². The molecule has 2 aromatic rings. The summed E-state index contributed by atoms with van der Waals surface area (Å²) in [4.78, 5) is 3.21. The van der Waals surface area contributed by atoms with Crippen LogP contribution in [0.1, 0.15) is 19.3 Å². The van der Waals surface area contributed by atoms with E-state index in [0.717, 1.165) is 42.1 Å². The van der Waals surface area contributed by atoms with Crippen molar-refractivity contribution in [2.45, 2.75) is 30.8 Å². The van der Waals surface area contributed by atoms with E-state index in [9.17, 15) is 4.39 Å². The van der Waals surface area contributed by atoms with Gasteiger partial charge in [0, 0.05) is 24.3 Å². The predicted molar refractivity (Wildman–Crippen MR) is 102 cm³/mol. The summed E-state index contributed by atoms with van der Waals surface area (Å²) in [5, 5.41) is 13.3. The molecule has 0 aliphatic carbocycles. The number of H-pyrrole nitrogens is 1. The molecule has 1 aromatic carbocycles. The first kappa shape index (κ1) is 16.5. The number of benzene rings is 1. The molecule has 2 aliphatic heterocycles. The van der Waals surface area contributed by atoms with Crippen LogP contribution in [-0.4, -0.2) is 36.2 Å². The van der Waals surface area contributed by atoms with E-state index in [1.54, 1.807) is 6.07 Å². The summed E-state index contributed by atoms with van der Waals surface area (Å²) in [7, 11) is 0. The van der Waals surface area contributed by atoms with E-state index in [-0.39, 0.29) is 11.3 Å². The topological polar surface area (TPSA) is 63.9 Å². The van der Waals surface area contributed by atoms with Gasteiger partial charge in [-0.25, -0.2) is 4.39 Å². The number of piperidine rings is 1. The lowest BCUT2D eigenvalue weighted by Crippen LogP contribution is -2.39. The summed E-state index contributed by atoms with van der Waals surface area (Å²) in [5.74, 6) is 0.683. The molecule has 0 spiro atoms. The van der Waals surface area contributed by atoms with Gasteiger partial charge in [0.25, 0.3) is 0 Å². The third kappa shape index (κ3) is 3.55. The van der Waals surface area contributed by atoms with Crippen molar-refractivity contribution in [3.63, 3.8) is 0 Å². The summed E-state index contributed by atoms with van der Waals surface area (Å²) >= 11 is 6.19. The Labute approximate surface area is 151 Å². The Morgan fingerprint density at radius 1 is 1.28 bits per heavy atom. The zero-order chi connectivity index (χ0) is 17.2. The van der Waals surface area contributed by atoms with Crippen LogP contribution < -0.4 is 21.3 Å². The molecule has 2 unspecified atom stereocenters. The summed E-state index contributed by atoms with van der Waals surface area (Å²) in [6, 6.07) is 5.57. The van der Waals surface area contributed by atoms with E-state index in [1.165, 1.54) is 18.9 Å². The van der Waals surface area contributed by atoms with Gasteiger partial charge in [-0.05, 0) is 37.1 Å². The first-order valence-electron chi connectivity index (χ1n) is 8.84. The Morgan fingerprint density at radius 2 is 2.20 bits per heavy atom. The highest BCUT2D eigenvalue weighted by Gasteiger charge is 2.21. The normalized spacial score (nSPS) is 22.6. The van der Waals surface area contributed by atoms with Crippen molar-refractivity contribution in [2.24, 2.45) is 0 Å². The van der Waals surface area contributed by atoms with Crippen molar-refractivity contribution in [1.29, 1.82) is 0 Å². The van der Waals surface area contributed by atoms with Crippen LogP contribution in [0.5, 0.6) is 0 Å². The van der Waals surface area contributed by atoms with Crippen molar-refractivity contribution < 1.29 is 4.39 Å². The fourth-order valence-corrected chi connectivity index (χ4v) is 3.69. The number of halogens is 2. The van der Waals surface area contributed by atoms with Gasteiger partial charge in [0.15, 0.2) is 0 Å². The van der Waals surface area contributed by atoms with E-state index in [0.29, 0.717) is 18.3 Å². The van der Waals surface area contributed by atoms with Gasteiger partial charge in [0.1, 0.15) is 17.1 Å². The standard InChI is InChI=1S/C18H23ClFN5/c19-16-10-24-18-17(25-16)13(9-23-18)11-4-5-14(20)15(7-11)22-8-12-3-1-2-6-21-12/h4-5,7,9,12,16,21-25H,1-3,6,8,10H2. The van der Waals surface area contributed by atoms with Crippen LogP contribution in [0.3, 0.4) is 0 Å². The van der Waals surface area contributed by atoms with Gasteiger partial charge in [-0.3, -0.25) is 0 Å². The van der Waals surface area contributed by atoms with Crippen LogP contribution in [0.15, 0.2) is 24.4 Å². The lowest BCUT2D eigenvalue weighted by Gasteiger charge is -2.24. The maximum absolute atomic E-state index is 14.2. The van der Waals surface area contributed by atoms with Gasteiger partial charge < -0.3 is 26.3 Å². The molecule has 0 amide bonds. The number of anilines is 3. The number of hydrogen-bond donors (Lipinski definition) is 5. The molecule has 0 bridgehead atoms. The monoisotopic (exact) mass is 363 g/mol. The molecule has 4 rings (SSSR count). The number of nitrogens with one attached hydrogen (secondary N) is 5. The minimum atomic E-state index is -0.231. The molecular formula is C18H23ClFN5. The minimum absolute atomic E-state index is 0.169. The van der Waals surface area contributed by atoms with E-state index in [1.807, 2.05) is 12.3 Å². The minimum Gasteiger partial charge on any atom is -0.381 e. The van der Waals surface area contributed by atoms with Crippen LogP contribution >= 0.6 is 11.6 Å². The second-order valence-electron chi connectivity index (χ2n) is 6.67. The second kappa shape index (κ2) is 7.14. The van der Waals surface area contributed by atoms with Crippen molar-refractivity contribution in [3.05, 3.63) is 30.2 Å². The maximum Gasteiger partial charge on any atom is 0.146 e. The van der Waals surface area contributed by atoms with Gasteiger partial charge in [0.05, 0.1) is 17.9 Å². The van der Waals surface area contributed by atoms with E-state index in [2.05, 4.69) is 26.3 Å². The molecule has 5 nitrogen and oxygen atoms in total. The molecule has 3 heterocycles. The molecule has 25 heavy (non-hydrogen) atoms. The molecule has 0 saturated carbocycles. The lowest BCUT2D eigenvalue weighted by molar-refractivity contribution is 0.414. The second-order valence-corrected chi connectivity index (χ2v) is 7.19. The number of rotatable bonds is 4. The summed E-state index contributed by atoms with van der Waals surface area (Å²) in [6.07, 6.45) is 5.50. The summed E-state index contributed by atoms with van der Waals surface area (Å²) in [6.45, 7) is 2.43. The van der Waals surface area contributed by atoms with Crippen LogP contribution in [0.4, 0.5) is 21.6 Å². The number of hydrogen-bond acceptors (Lipinski definition) is 4. The third-order valence-electron chi connectivity index (χ3n) is 4.87. The third-order valence-corrected chi connectivity index (χ3v) is 5.13. The Balaban J connectivity index is 1.54. The molecular weight excluding hydrogens is 341 g/mol. The Bertz CT molecular complexity index is 741. The molecule has 134 valence electrons. The first-order chi connectivity index (χ1) is 12.2. The van der Waals surface area contributed by atoms with Crippen LogP contribution in [0.2, 0.25) is 0 Å². The molecule has 1 fully saturated rings. The predicted octanol–water partition coefficient (Wildman–Crippen LogP) is 3.78. The molecule has 7 heteroatoms. The van der Waals surface area contributed by atoms with Crippen molar-refractivity contribution in [3.8, 4) is 11.1 Å². The highest BCUT2D eigenvalue weighted by molar-refractivity contribution is 6.22. The smallest absolute Gasteiger partial charge is 0.146 e. The van der Waals surface area contributed by atoms with Gasteiger partial charge in [-0.2, -0.15) is 0 Å². The lowest BCUT2D eigenvalue weighted by atomic mass is 10.0. The quantitative estimate of drug-likeness (QED) is 0.424. The van der Waals surface area contributed by atoms with Crippen LogP contribution in [0, 0.1) is 5.82 Å². The Morgan fingerprint density at radius 3 is 3.04 bits per heavy atom. The van der Waals surface area contributed by atoms with Gasteiger partial charge in [-0.1, -0.05) is 24.1 Å². The zero-order valence-corrected chi connectivity index (χ0v) is 14.7. The molecule has 1 aromatic heterocycles. The number of alkyl halides is 1. The fourth-order valence-electron chi connectivity index (χ4n) is 3.50.